The number of aromatic hydroxyl groups is 1. The predicted octanol–water partition coefficient (Wildman–Crippen LogP) is 3.77. The second-order valence-corrected chi connectivity index (χ2v) is 7.30. The minimum atomic E-state index is -1.01. The molecule has 5 nitrogen and oxygen atoms in total. The number of hydrogen-bond acceptors (Lipinski definition) is 4. The summed E-state index contributed by atoms with van der Waals surface area (Å²) in [5.74, 6) is -2.98. The number of halogens is 2. The van der Waals surface area contributed by atoms with Crippen molar-refractivity contribution >= 4 is 16.6 Å². The number of nitrogens with zero attached hydrogens (tertiary/aromatic N) is 3. The van der Waals surface area contributed by atoms with Crippen molar-refractivity contribution in [1.82, 2.24) is 9.78 Å². The number of anilines is 1. The molecule has 2 saturated heterocycles. The quantitative estimate of drug-likeness (QED) is 0.745. The van der Waals surface area contributed by atoms with E-state index in [0.717, 1.165) is 50.7 Å². The number of ether oxygens (including phenoxy) is 1. The highest BCUT2D eigenvalue weighted by atomic mass is 19.1. The molecule has 2 aliphatic heterocycles. The van der Waals surface area contributed by atoms with Gasteiger partial charge in [0, 0.05) is 24.2 Å². The van der Waals surface area contributed by atoms with Crippen LogP contribution in [-0.4, -0.2) is 40.2 Å². The van der Waals surface area contributed by atoms with Gasteiger partial charge in [0.1, 0.15) is 5.52 Å². The van der Waals surface area contributed by atoms with Gasteiger partial charge in [-0.25, -0.2) is 13.5 Å². The van der Waals surface area contributed by atoms with E-state index in [1.807, 2.05) is 24.3 Å². The molecule has 2 aromatic carbocycles. The molecule has 1 N–H and O–H groups in total. The van der Waals surface area contributed by atoms with Crippen molar-refractivity contribution in [3.8, 4) is 11.4 Å². The van der Waals surface area contributed by atoms with E-state index in [1.165, 1.54) is 10.9 Å². The summed E-state index contributed by atoms with van der Waals surface area (Å²) in [7, 11) is 0. The van der Waals surface area contributed by atoms with E-state index < -0.39 is 17.4 Å². The zero-order valence-electron chi connectivity index (χ0n) is 14.7. The van der Waals surface area contributed by atoms with Crippen molar-refractivity contribution in [3.05, 3.63) is 48.2 Å². The highest BCUT2D eigenvalue weighted by Crippen LogP contribution is 2.38. The minimum Gasteiger partial charge on any atom is -0.503 e. The molecule has 27 heavy (non-hydrogen) atoms. The Bertz CT molecular complexity index is 1000. The summed E-state index contributed by atoms with van der Waals surface area (Å²) in [6.07, 6.45) is 4.62. The van der Waals surface area contributed by atoms with Crippen LogP contribution >= 0.6 is 0 Å². The average Bonchev–Trinajstić information content (AvgIpc) is 3.09. The zero-order valence-corrected chi connectivity index (χ0v) is 14.7. The van der Waals surface area contributed by atoms with Gasteiger partial charge in [0.25, 0.3) is 0 Å². The van der Waals surface area contributed by atoms with Crippen LogP contribution in [0.1, 0.15) is 19.3 Å². The van der Waals surface area contributed by atoms with E-state index in [2.05, 4.69) is 10.00 Å². The Kier molecular flexibility index (Phi) is 3.62. The molecule has 0 unspecified atom stereocenters. The zero-order chi connectivity index (χ0) is 18.6. The molecule has 3 heterocycles. The molecular formula is C20H19F2N3O2. The van der Waals surface area contributed by atoms with E-state index >= 15 is 0 Å². The maximum atomic E-state index is 14.3. The Hall–Kier alpha value is -2.67. The highest BCUT2D eigenvalue weighted by molar-refractivity contribution is 5.82. The number of rotatable bonds is 2. The van der Waals surface area contributed by atoms with Crippen LogP contribution in [0.5, 0.6) is 5.75 Å². The number of phenolic OH excluding ortho intramolecular Hbond substituents is 1. The highest BCUT2D eigenvalue weighted by Gasteiger charge is 2.41. The van der Waals surface area contributed by atoms with Gasteiger partial charge in [-0.15, -0.1) is 0 Å². The van der Waals surface area contributed by atoms with E-state index in [-0.39, 0.29) is 11.1 Å². The Morgan fingerprint density at radius 3 is 2.33 bits per heavy atom. The molecule has 3 aromatic rings. The first kappa shape index (κ1) is 16.5. The lowest BCUT2D eigenvalue weighted by Gasteiger charge is -2.48. The largest absolute Gasteiger partial charge is 0.503 e. The molecule has 0 aliphatic carbocycles. The lowest BCUT2D eigenvalue weighted by molar-refractivity contribution is -0.158. The van der Waals surface area contributed by atoms with Crippen molar-refractivity contribution in [2.24, 2.45) is 0 Å². The first-order valence-corrected chi connectivity index (χ1v) is 9.10. The van der Waals surface area contributed by atoms with Gasteiger partial charge < -0.3 is 14.7 Å². The molecule has 0 saturated carbocycles. The first-order valence-electron chi connectivity index (χ1n) is 9.10. The molecule has 5 rings (SSSR count). The topological polar surface area (TPSA) is 50.5 Å². The van der Waals surface area contributed by atoms with Crippen LogP contribution in [0.25, 0.3) is 16.6 Å². The molecule has 7 heteroatoms. The molecule has 1 spiro atoms. The van der Waals surface area contributed by atoms with E-state index in [9.17, 15) is 13.9 Å². The van der Waals surface area contributed by atoms with Crippen LogP contribution in [0.2, 0.25) is 0 Å². The van der Waals surface area contributed by atoms with Crippen LogP contribution < -0.4 is 4.90 Å². The summed E-state index contributed by atoms with van der Waals surface area (Å²) in [5.41, 5.74) is 1.91. The normalized spacial score (nSPS) is 18.8. The number of piperidine rings is 1. The summed E-state index contributed by atoms with van der Waals surface area (Å²) in [4.78, 5) is 2.32. The van der Waals surface area contributed by atoms with E-state index in [1.54, 1.807) is 0 Å². The van der Waals surface area contributed by atoms with Crippen molar-refractivity contribution in [2.75, 3.05) is 24.6 Å². The summed E-state index contributed by atoms with van der Waals surface area (Å²) in [6.45, 7) is 2.78. The van der Waals surface area contributed by atoms with Gasteiger partial charge in [0.2, 0.25) is 0 Å². The van der Waals surface area contributed by atoms with Crippen LogP contribution in [0.3, 0.4) is 0 Å². The number of phenols is 1. The Morgan fingerprint density at radius 2 is 1.70 bits per heavy atom. The van der Waals surface area contributed by atoms with E-state index in [0.29, 0.717) is 11.1 Å². The fourth-order valence-corrected chi connectivity index (χ4v) is 4.07. The third-order valence-corrected chi connectivity index (χ3v) is 5.82. The maximum Gasteiger partial charge on any atom is 0.194 e. The Morgan fingerprint density at radius 1 is 1.04 bits per heavy atom. The van der Waals surface area contributed by atoms with E-state index in [4.69, 9.17) is 4.74 Å². The molecule has 1 aromatic heterocycles. The fourth-order valence-electron chi connectivity index (χ4n) is 4.07. The van der Waals surface area contributed by atoms with Gasteiger partial charge in [0.05, 0.1) is 24.1 Å². The molecule has 140 valence electrons. The number of fused-ring (bicyclic) bond motifs is 1. The number of hydrogen-bond donors (Lipinski definition) is 1. The van der Waals surface area contributed by atoms with Gasteiger partial charge in [0.15, 0.2) is 17.4 Å². The smallest absolute Gasteiger partial charge is 0.194 e. The second kappa shape index (κ2) is 5.92. The van der Waals surface area contributed by atoms with Gasteiger partial charge in [-0.05, 0) is 49.6 Å². The predicted molar refractivity (Wildman–Crippen MR) is 97.4 cm³/mol. The van der Waals surface area contributed by atoms with Gasteiger partial charge in [-0.2, -0.15) is 5.10 Å². The van der Waals surface area contributed by atoms with Crippen LogP contribution in [-0.2, 0) is 4.74 Å². The Labute approximate surface area is 154 Å². The molecule has 0 bridgehead atoms. The monoisotopic (exact) mass is 371 g/mol. The van der Waals surface area contributed by atoms with Gasteiger partial charge in [-0.1, -0.05) is 0 Å². The molecule has 2 aliphatic rings. The molecule has 0 radical (unpaired) electrons. The van der Waals surface area contributed by atoms with Crippen LogP contribution in [0.4, 0.5) is 14.5 Å². The third kappa shape index (κ3) is 2.56. The first-order chi connectivity index (χ1) is 13.1. The van der Waals surface area contributed by atoms with Gasteiger partial charge in [-0.3, -0.25) is 0 Å². The summed E-state index contributed by atoms with van der Waals surface area (Å²) in [6, 6.07) is 8.74. The molecule has 0 amide bonds. The van der Waals surface area contributed by atoms with Crippen molar-refractivity contribution in [2.45, 2.75) is 24.9 Å². The third-order valence-electron chi connectivity index (χ3n) is 5.82. The van der Waals surface area contributed by atoms with Crippen molar-refractivity contribution in [3.63, 3.8) is 0 Å². The summed E-state index contributed by atoms with van der Waals surface area (Å²) < 4.78 is 35.0. The van der Waals surface area contributed by atoms with Gasteiger partial charge >= 0.3 is 0 Å². The number of benzene rings is 2. The lowest BCUT2D eigenvalue weighted by Crippen LogP contribution is -2.52. The van der Waals surface area contributed by atoms with Crippen molar-refractivity contribution in [1.29, 1.82) is 0 Å². The Balaban J connectivity index is 1.42. The van der Waals surface area contributed by atoms with Crippen LogP contribution in [0.15, 0.2) is 36.5 Å². The molecular weight excluding hydrogens is 352 g/mol. The summed E-state index contributed by atoms with van der Waals surface area (Å²) in [5, 5.41) is 14.0. The fraction of sp³-hybridized carbons (Fsp3) is 0.350. The maximum absolute atomic E-state index is 14.3. The second-order valence-electron chi connectivity index (χ2n) is 7.30. The van der Waals surface area contributed by atoms with Crippen LogP contribution in [0, 0.1) is 11.6 Å². The molecule has 2 fully saturated rings. The average molecular weight is 371 g/mol. The SMILES string of the molecule is Oc1c(F)cc2cnn(-c3ccc(N4CCC5(CCO5)CC4)cc3)c2c1F. The molecule has 0 atom stereocenters. The minimum absolute atomic E-state index is 0.0590. The lowest BCUT2D eigenvalue weighted by atomic mass is 9.84. The standard InChI is InChI=1S/C20H19F2N3O2/c21-16-11-13-12-23-25(18(13)17(22)19(16)26)15-3-1-14(2-4-15)24-8-5-20(6-9-24)7-10-27-20/h1-4,11-12,26H,5-10H2. The number of aromatic nitrogens is 2. The summed E-state index contributed by atoms with van der Waals surface area (Å²) >= 11 is 0. The van der Waals surface area contributed by atoms with Crippen molar-refractivity contribution < 1.29 is 18.6 Å².